The second-order valence-corrected chi connectivity index (χ2v) is 2.76. The summed E-state index contributed by atoms with van der Waals surface area (Å²) >= 11 is 5.58. The van der Waals surface area contributed by atoms with Crippen LogP contribution in [0.15, 0.2) is 27.4 Å². The van der Waals surface area contributed by atoms with E-state index in [1.807, 2.05) is 0 Å². The summed E-state index contributed by atoms with van der Waals surface area (Å²) in [4.78, 5) is 3.80. The van der Waals surface area contributed by atoms with E-state index < -0.39 is 0 Å². The van der Waals surface area contributed by atoms with E-state index in [4.69, 9.17) is 25.5 Å². The van der Waals surface area contributed by atoms with Gasteiger partial charge in [0, 0.05) is 0 Å². The highest BCUT2D eigenvalue weighted by Crippen LogP contribution is 2.26. The van der Waals surface area contributed by atoms with Gasteiger partial charge in [0.15, 0.2) is 23.1 Å². The van der Waals surface area contributed by atoms with E-state index >= 15 is 0 Å². The van der Waals surface area contributed by atoms with E-state index in [0.717, 1.165) is 0 Å². The Labute approximate surface area is 78.8 Å². The lowest BCUT2D eigenvalue weighted by molar-refractivity contribution is 0.277. The van der Waals surface area contributed by atoms with Gasteiger partial charge in [-0.1, -0.05) is 0 Å². The molecule has 0 unspecified atom stereocenters. The van der Waals surface area contributed by atoms with Crippen molar-refractivity contribution < 1.29 is 13.9 Å². The molecule has 0 aliphatic rings. The maximum absolute atomic E-state index is 8.88. The number of hydrogen-bond acceptors (Lipinski definition) is 4. The highest BCUT2D eigenvalue weighted by molar-refractivity contribution is 6.28. The lowest BCUT2D eigenvalue weighted by Crippen LogP contribution is -1.84. The molecule has 5 heteroatoms. The fraction of sp³-hybridized carbons (Fsp3) is 0.125. The van der Waals surface area contributed by atoms with E-state index in [1.165, 1.54) is 6.39 Å². The summed E-state index contributed by atoms with van der Waals surface area (Å²) in [6.07, 6.45) is 1.25. The maximum Gasteiger partial charge on any atom is 0.195 e. The Morgan fingerprint density at radius 3 is 2.92 bits per heavy atom. The number of aliphatic hydroxyl groups excluding tert-OH is 1. The normalized spacial score (nSPS) is 10.6. The third-order valence-corrected chi connectivity index (χ3v) is 1.79. The first-order chi connectivity index (χ1) is 6.31. The van der Waals surface area contributed by atoms with Crippen LogP contribution in [0.5, 0.6) is 0 Å². The van der Waals surface area contributed by atoms with Gasteiger partial charge in [0.2, 0.25) is 0 Å². The first-order valence-corrected chi connectivity index (χ1v) is 3.98. The lowest BCUT2D eigenvalue weighted by atomic mass is 10.3. The summed E-state index contributed by atoms with van der Waals surface area (Å²) in [7, 11) is 0. The van der Waals surface area contributed by atoms with Gasteiger partial charge in [0.05, 0.1) is 6.61 Å². The molecule has 68 valence electrons. The summed E-state index contributed by atoms with van der Waals surface area (Å²) in [6.45, 7) is -0.190. The Balaban J connectivity index is 2.45. The number of oxazole rings is 1. The number of nitrogens with zero attached hydrogens (tertiary/aromatic N) is 1. The van der Waals surface area contributed by atoms with Gasteiger partial charge in [-0.25, -0.2) is 4.98 Å². The van der Waals surface area contributed by atoms with Crippen molar-refractivity contribution in [2.75, 3.05) is 0 Å². The molecule has 0 aliphatic carbocycles. The largest absolute Gasteiger partial charge is 0.441 e. The SMILES string of the molecule is OCc1ncoc1-c1ccc(Cl)o1. The summed E-state index contributed by atoms with van der Waals surface area (Å²) < 4.78 is 10.1. The second-order valence-electron chi connectivity index (χ2n) is 2.39. The van der Waals surface area contributed by atoms with Gasteiger partial charge in [-0.15, -0.1) is 0 Å². The Hall–Kier alpha value is -1.26. The molecular weight excluding hydrogens is 194 g/mol. The van der Waals surface area contributed by atoms with E-state index in [9.17, 15) is 0 Å². The molecular formula is C8H6ClNO3. The van der Waals surface area contributed by atoms with Crippen molar-refractivity contribution in [3.05, 3.63) is 29.4 Å². The van der Waals surface area contributed by atoms with Crippen molar-refractivity contribution in [3.8, 4) is 11.5 Å². The Bertz CT molecular complexity index is 407. The molecule has 0 radical (unpaired) electrons. The van der Waals surface area contributed by atoms with E-state index in [1.54, 1.807) is 12.1 Å². The Morgan fingerprint density at radius 2 is 2.31 bits per heavy atom. The summed E-state index contributed by atoms with van der Waals surface area (Å²) in [6, 6.07) is 3.25. The lowest BCUT2D eigenvalue weighted by Gasteiger charge is -1.91. The van der Waals surface area contributed by atoms with Crippen molar-refractivity contribution in [2.45, 2.75) is 6.61 Å². The second kappa shape index (κ2) is 3.24. The van der Waals surface area contributed by atoms with E-state index in [-0.39, 0.29) is 11.8 Å². The third-order valence-electron chi connectivity index (χ3n) is 1.59. The predicted molar refractivity (Wildman–Crippen MR) is 45.1 cm³/mol. The number of aromatic nitrogens is 1. The standard InChI is InChI=1S/C8H6ClNO3/c9-7-2-1-6(13-7)8-5(3-11)10-4-12-8/h1-2,4,11H,3H2. The van der Waals surface area contributed by atoms with E-state index in [0.29, 0.717) is 17.2 Å². The first-order valence-electron chi connectivity index (χ1n) is 3.60. The minimum absolute atomic E-state index is 0.190. The fourth-order valence-corrected chi connectivity index (χ4v) is 1.16. The molecule has 0 fully saturated rings. The number of aliphatic hydroxyl groups is 1. The van der Waals surface area contributed by atoms with Gasteiger partial charge in [0.25, 0.3) is 0 Å². The van der Waals surface area contributed by atoms with Gasteiger partial charge in [0.1, 0.15) is 5.69 Å². The number of halogens is 1. The van der Waals surface area contributed by atoms with Crippen molar-refractivity contribution in [1.29, 1.82) is 0 Å². The zero-order valence-corrected chi connectivity index (χ0v) is 7.28. The van der Waals surface area contributed by atoms with Gasteiger partial charge >= 0.3 is 0 Å². The number of furan rings is 1. The van der Waals surface area contributed by atoms with Gasteiger partial charge in [-0.05, 0) is 23.7 Å². The molecule has 0 aliphatic heterocycles. The highest BCUT2D eigenvalue weighted by Gasteiger charge is 2.13. The van der Waals surface area contributed by atoms with Crippen molar-refractivity contribution in [2.24, 2.45) is 0 Å². The van der Waals surface area contributed by atoms with Crippen LogP contribution >= 0.6 is 11.6 Å². The molecule has 0 amide bonds. The molecule has 1 N–H and O–H groups in total. The van der Waals surface area contributed by atoms with Crippen LogP contribution < -0.4 is 0 Å². The van der Waals surface area contributed by atoms with E-state index in [2.05, 4.69) is 4.98 Å². The fourth-order valence-electron chi connectivity index (χ4n) is 1.02. The van der Waals surface area contributed by atoms with Gasteiger partial charge in [-0.2, -0.15) is 0 Å². The molecule has 2 rings (SSSR count). The van der Waals surface area contributed by atoms with Crippen LogP contribution in [0.2, 0.25) is 5.22 Å². The third kappa shape index (κ3) is 1.46. The minimum atomic E-state index is -0.190. The molecule has 4 nitrogen and oxygen atoms in total. The average Bonchev–Trinajstić information content (AvgIpc) is 2.71. The minimum Gasteiger partial charge on any atom is -0.441 e. The molecule has 13 heavy (non-hydrogen) atoms. The maximum atomic E-state index is 8.88. The van der Waals surface area contributed by atoms with Gasteiger partial charge in [-0.3, -0.25) is 0 Å². The molecule has 0 bridgehead atoms. The van der Waals surface area contributed by atoms with Crippen LogP contribution in [0.4, 0.5) is 0 Å². The van der Waals surface area contributed by atoms with Crippen LogP contribution in [0.1, 0.15) is 5.69 Å². The highest BCUT2D eigenvalue weighted by atomic mass is 35.5. The van der Waals surface area contributed by atoms with Crippen molar-refractivity contribution >= 4 is 11.6 Å². The van der Waals surface area contributed by atoms with Crippen LogP contribution in [0.25, 0.3) is 11.5 Å². The molecule has 0 aromatic carbocycles. The number of rotatable bonds is 2. The first kappa shape index (κ1) is 8.34. The molecule has 0 saturated carbocycles. The Kier molecular flexibility index (Phi) is 2.08. The molecule has 0 saturated heterocycles. The smallest absolute Gasteiger partial charge is 0.195 e. The predicted octanol–water partition coefficient (Wildman–Crippen LogP) is 2.08. The topological polar surface area (TPSA) is 59.4 Å². The molecule has 2 heterocycles. The van der Waals surface area contributed by atoms with Gasteiger partial charge < -0.3 is 13.9 Å². The molecule has 0 spiro atoms. The quantitative estimate of drug-likeness (QED) is 0.805. The molecule has 2 aromatic heterocycles. The van der Waals surface area contributed by atoms with Crippen LogP contribution in [-0.4, -0.2) is 10.1 Å². The summed E-state index contributed by atoms with van der Waals surface area (Å²) in [5.41, 5.74) is 0.436. The summed E-state index contributed by atoms with van der Waals surface area (Å²) in [5.74, 6) is 0.876. The Morgan fingerprint density at radius 1 is 1.46 bits per heavy atom. The molecule has 0 atom stereocenters. The van der Waals surface area contributed by atoms with Crippen molar-refractivity contribution in [1.82, 2.24) is 4.98 Å². The van der Waals surface area contributed by atoms with Crippen LogP contribution in [0.3, 0.4) is 0 Å². The summed E-state index contributed by atoms with van der Waals surface area (Å²) in [5, 5.41) is 9.15. The van der Waals surface area contributed by atoms with Crippen molar-refractivity contribution in [3.63, 3.8) is 0 Å². The van der Waals surface area contributed by atoms with Crippen LogP contribution in [0, 0.1) is 0 Å². The zero-order chi connectivity index (χ0) is 9.26. The monoisotopic (exact) mass is 199 g/mol. The molecule has 2 aromatic rings. The zero-order valence-electron chi connectivity index (χ0n) is 6.53. The average molecular weight is 200 g/mol. The van der Waals surface area contributed by atoms with Crippen LogP contribution in [-0.2, 0) is 6.61 Å². The number of hydrogen-bond donors (Lipinski definition) is 1.